The van der Waals surface area contributed by atoms with Crippen molar-refractivity contribution >= 4 is 17.7 Å². The van der Waals surface area contributed by atoms with Crippen molar-refractivity contribution in [2.75, 3.05) is 32.4 Å². The van der Waals surface area contributed by atoms with Crippen LogP contribution in [0, 0.1) is 5.92 Å². The van der Waals surface area contributed by atoms with Gasteiger partial charge in [-0.2, -0.15) is 4.98 Å². The second-order valence-electron chi connectivity index (χ2n) is 7.18. The number of nitrogens with zero attached hydrogens (tertiary/aromatic N) is 5. The number of rotatable bonds is 7. The molecule has 0 aliphatic carbocycles. The van der Waals surface area contributed by atoms with Crippen molar-refractivity contribution in [1.29, 1.82) is 0 Å². The van der Waals surface area contributed by atoms with Gasteiger partial charge in [-0.25, -0.2) is 0 Å². The van der Waals surface area contributed by atoms with Crippen molar-refractivity contribution in [2.45, 2.75) is 17.7 Å². The Morgan fingerprint density at radius 3 is 2.90 bits per heavy atom. The third-order valence-electron chi connectivity index (χ3n) is 5.01. The van der Waals surface area contributed by atoms with E-state index in [2.05, 4.69) is 60.7 Å². The number of guanidine groups is 1. The van der Waals surface area contributed by atoms with Crippen molar-refractivity contribution < 1.29 is 4.52 Å². The maximum atomic E-state index is 5.32. The van der Waals surface area contributed by atoms with E-state index in [4.69, 9.17) is 4.52 Å². The summed E-state index contributed by atoms with van der Waals surface area (Å²) in [6, 6.07) is 16.2. The van der Waals surface area contributed by atoms with Crippen LogP contribution in [0.15, 0.2) is 69.1 Å². The zero-order chi connectivity index (χ0) is 20.6. The molecule has 1 aromatic carbocycles. The Morgan fingerprint density at radius 1 is 1.23 bits per heavy atom. The third kappa shape index (κ3) is 5.38. The number of nitrogens with one attached hydrogen (secondary N) is 1. The molecule has 7 nitrogen and oxygen atoms in total. The molecule has 0 saturated carbocycles. The highest BCUT2D eigenvalue weighted by Crippen LogP contribution is 2.25. The molecule has 1 aliphatic rings. The lowest BCUT2D eigenvalue weighted by molar-refractivity contribution is 0.420. The fourth-order valence-corrected chi connectivity index (χ4v) is 4.51. The second-order valence-corrected chi connectivity index (χ2v) is 8.27. The van der Waals surface area contributed by atoms with Crippen LogP contribution in [0.1, 0.15) is 12.2 Å². The van der Waals surface area contributed by atoms with Crippen molar-refractivity contribution in [3.05, 3.63) is 60.6 Å². The van der Waals surface area contributed by atoms with Gasteiger partial charge in [0.2, 0.25) is 0 Å². The molecule has 8 heteroatoms. The highest BCUT2D eigenvalue weighted by Gasteiger charge is 2.24. The van der Waals surface area contributed by atoms with Crippen LogP contribution in [0.25, 0.3) is 11.6 Å². The van der Waals surface area contributed by atoms with Crippen LogP contribution in [0.4, 0.5) is 0 Å². The third-order valence-corrected chi connectivity index (χ3v) is 6.25. The second kappa shape index (κ2) is 10.2. The molecule has 1 N–H and O–H groups in total. The first kappa shape index (κ1) is 20.4. The average Bonchev–Trinajstić information content (AvgIpc) is 3.47. The summed E-state index contributed by atoms with van der Waals surface area (Å²) < 4.78 is 5.32. The first-order valence-electron chi connectivity index (χ1n) is 10.2. The van der Waals surface area contributed by atoms with E-state index in [0.29, 0.717) is 36.3 Å². The molecular weight excluding hydrogens is 396 g/mol. The normalized spacial score (nSPS) is 16.8. The Bertz CT molecular complexity index is 947. The van der Waals surface area contributed by atoms with E-state index in [9.17, 15) is 0 Å². The summed E-state index contributed by atoms with van der Waals surface area (Å²) in [6.07, 6.45) is 3.57. The summed E-state index contributed by atoms with van der Waals surface area (Å²) in [5.41, 5.74) is 0.691. The number of likely N-dealkylation sites (tertiary alicyclic amines) is 1. The van der Waals surface area contributed by atoms with Crippen LogP contribution in [-0.2, 0) is 6.42 Å². The van der Waals surface area contributed by atoms with Gasteiger partial charge in [-0.15, -0.1) is 11.8 Å². The van der Waals surface area contributed by atoms with Gasteiger partial charge in [0.05, 0.1) is 0 Å². The summed E-state index contributed by atoms with van der Waals surface area (Å²) >= 11 is 1.94. The van der Waals surface area contributed by atoms with Crippen LogP contribution >= 0.6 is 11.8 Å². The van der Waals surface area contributed by atoms with Crippen molar-refractivity contribution in [2.24, 2.45) is 10.9 Å². The minimum absolute atomic E-state index is 0.452. The first-order chi connectivity index (χ1) is 14.8. The summed E-state index contributed by atoms with van der Waals surface area (Å²) in [5, 5.41) is 7.49. The molecule has 0 radical (unpaired) electrons. The Labute approximate surface area is 181 Å². The lowest BCUT2D eigenvalue weighted by Gasteiger charge is -2.21. The van der Waals surface area contributed by atoms with Gasteiger partial charge in [0.25, 0.3) is 5.89 Å². The number of pyridine rings is 1. The van der Waals surface area contributed by atoms with Gasteiger partial charge >= 0.3 is 0 Å². The maximum Gasteiger partial charge on any atom is 0.276 e. The standard InChI is InChI=1S/C22H26N6OS/c1-23-22(28-14-11-17(15-28)16-30-18-7-3-2-4-8-18)25-13-10-20-26-21(29-27-20)19-9-5-6-12-24-19/h2-9,12,17H,10-11,13-16H2,1H3,(H,23,25). The molecule has 1 saturated heterocycles. The van der Waals surface area contributed by atoms with E-state index in [1.807, 2.05) is 37.0 Å². The van der Waals surface area contributed by atoms with Gasteiger partial charge in [-0.05, 0) is 36.6 Å². The van der Waals surface area contributed by atoms with Gasteiger partial charge in [0, 0.05) is 49.9 Å². The first-order valence-corrected chi connectivity index (χ1v) is 11.2. The Morgan fingerprint density at radius 2 is 2.10 bits per heavy atom. The van der Waals surface area contributed by atoms with E-state index >= 15 is 0 Å². The van der Waals surface area contributed by atoms with Gasteiger partial charge in [-0.3, -0.25) is 9.98 Å². The molecule has 0 amide bonds. The molecule has 1 aliphatic heterocycles. The van der Waals surface area contributed by atoms with E-state index < -0.39 is 0 Å². The van der Waals surface area contributed by atoms with E-state index in [0.717, 1.165) is 24.8 Å². The quantitative estimate of drug-likeness (QED) is 0.355. The number of benzene rings is 1. The molecule has 30 heavy (non-hydrogen) atoms. The Kier molecular flexibility index (Phi) is 6.97. The van der Waals surface area contributed by atoms with Gasteiger partial charge < -0.3 is 14.7 Å². The Hall–Kier alpha value is -2.87. The molecule has 1 atom stereocenters. The van der Waals surface area contributed by atoms with Gasteiger partial charge in [-0.1, -0.05) is 29.4 Å². The zero-order valence-corrected chi connectivity index (χ0v) is 17.9. The van der Waals surface area contributed by atoms with E-state index in [1.54, 1.807) is 6.20 Å². The van der Waals surface area contributed by atoms with Crippen LogP contribution < -0.4 is 5.32 Å². The van der Waals surface area contributed by atoms with Crippen LogP contribution in [0.3, 0.4) is 0 Å². The highest BCUT2D eigenvalue weighted by atomic mass is 32.2. The molecular formula is C22H26N6OS. The fourth-order valence-electron chi connectivity index (χ4n) is 3.46. The molecule has 3 aromatic rings. The summed E-state index contributed by atoms with van der Waals surface area (Å²) in [6.45, 7) is 2.77. The fraction of sp³-hybridized carbons (Fsp3) is 0.364. The van der Waals surface area contributed by atoms with Crippen molar-refractivity contribution in [1.82, 2.24) is 25.3 Å². The summed E-state index contributed by atoms with van der Waals surface area (Å²) in [7, 11) is 1.84. The topological polar surface area (TPSA) is 79.4 Å². The number of aliphatic imine (C=N–C) groups is 1. The number of hydrogen-bond donors (Lipinski definition) is 1. The molecule has 2 aromatic heterocycles. The van der Waals surface area contributed by atoms with Gasteiger partial charge in [0.1, 0.15) is 5.69 Å². The molecule has 0 spiro atoms. The SMILES string of the molecule is CN=C(NCCc1noc(-c2ccccn2)n1)N1CCC(CSc2ccccc2)C1. The number of thioether (sulfide) groups is 1. The lowest BCUT2D eigenvalue weighted by Crippen LogP contribution is -2.41. The molecule has 0 bridgehead atoms. The largest absolute Gasteiger partial charge is 0.356 e. The maximum absolute atomic E-state index is 5.32. The highest BCUT2D eigenvalue weighted by molar-refractivity contribution is 7.99. The average molecular weight is 423 g/mol. The number of hydrogen-bond acceptors (Lipinski definition) is 6. The minimum atomic E-state index is 0.452. The summed E-state index contributed by atoms with van der Waals surface area (Å²) in [5.74, 6) is 3.87. The molecule has 3 heterocycles. The number of aromatic nitrogens is 3. The van der Waals surface area contributed by atoms with Crippen molar-refractivity contribution in [3.63, 3.8) is 0 Å². The monoisotopic (exact) mass is 422 g/mol. The Balaban J connectivity index is 1.22. The smallest absolute Gasteiger partial charge is 0.276 e. The predicted octanol–water partition coefficient (Wildman–Crippen LogP) is 3.36. The minimum Gasteiger partial charge on any atom is -0.356 e. The van der Waals surface area contributed by atoms with Crippen molar-refractivity contribution in [3.8, 4) is 11.6 Å². The summed E-state index contributed by atoms with van der Waals surface area (Å²) in [4.78, 5) is 16.8. The molecule has 1 fully saturated rings. The van der Waals surface area contributed by atoms with E-state index in [-0.39, 0.29) is 0 Å². The van der Waals surface area contributed by atoms with Crippen LogP contribution in [0.5, 0.6) is 0 Å². The lowest BCUT2D eigenvalue weighted by atomic mass is 10.2. The van der Waals surface area contributed by atoms with Crippen LogP contribution in [0.2, 0.25) is 0 Å². The zero-order valence-electron chi connectivity index (χ0n) is 17.1. The molecule has 156 valence electrons. The molecule has 1 unspecified atom stereocenters. The van der Waals surface area contributed by atoms with E-state index in [1.165, 1.54) is 11.3 Å². The van der Waals surface area contributed by atoms with Crippen LogP contribution in [-0.4, -0.2) is 58.4 Å². The van der Waals surface area contributed by atoms with Gasteiger partial charge in [0.15, 0.2) is 11.8 Å². The molecule has 4 rings (SSSR count). The predicted molar refractivity (Wildman–Crippen MR) is 119 cm³/mol.